The summed E-state index contributed by atoms with van der Waals surface area (Å²) < 4.78 is 37.0. The average molecular weight is 226 g/mol. The zero-order valence-corrected chi connectivity index (χ0v) is 8.88. The molecule has 0 amide bonds. The minimum atomic E-state index is -4.34. The van der Waals surface area contributed by atoms with Crippen molar-refractivity contribution < 1.29 is 23.4 Å². The largest absolute Gasteiger partial charge is 0.412 e. The number of hydrogen-bond acceptors (Lipinski definition) is 2. The third-order valence-corrected chi connectivity index (χ3v) is 2.05. The van der Waals surface area contributed by atoms with Crippen molar-refractivity contribution in [2.75, 3.05) is 0 Å². The molecule has 0 aromatic rings. The third-order valence-electron chi connectivity index (χ3n) is 2.05. The fourth-order valence-electron chi connectivity index (χ4n) is 1.09. The van der Waals surface area contributed by atoms with Crippen LogP contribution in [0.15, 0.2) is 11.6 Å². The van der Waals surface area contributed by atoms with Crippen LogP contribution in [0.5, 0.6) is 0 Å². The van der Waals surface area contributed by atoms with Crippen LogP contribution in [-0.2, 0) is 0 Å². The second-order valence-electron chi connectivity index (χ2n) is 3.52. The third kappa shape index (κ3) is 5.79. The number of alkyl halides is 3. The van der Waals surface area contributed by atoms with Gasteiger partial charge in [0.15, 0.2) is 0 Å². The Kier molecular flexibility index (Phi) is 5.90. The molecule has 0 radical (unpaired) electrons. The molecule has 0 rings (SSSR count). The van der Waals surface area contributed by atoms with Crippen molar-refractivity contribution in [3.05, 3.63) is 11.6 Å². The number of aliphatic hydroxyl groups is 2. The Bertz CT molecular complexity index is 209. The van der Waals surface area contributed by atoms with E-state index in [0.717, 1.165) is 6.08 Å². The van der Waals surface area contributed by atoms with Crippen molar-refractivity contribution in [2.24, 2.45) is 0 Å². The van der Waals surface area contributed by atoms with Gasteiger partial charge in [-0.05, 0) is 19.8 Å². The van der Waals surface area contributed by atoms with Gasteiger partial charge in [0.25, 0.3) is 0 Å². The Morgan fingerprint density at radius 1 is 1.33 bits per heavy atom. The highest BCUT2D eigenvalue weighted by atomic mass is 19.4. The first-order chi connectivity index (χ1) is 6.79. The molecule has 0 saturated carbocycles. The lowest BCUT2D eigenvalue weighted by atomic mass is 10.1. The highest BCUT2D eigenvalue weighted by molar-refractivity contribution is 5.09. The predicted octanol–water partition coefficient (Wildman–Crippen LogP) is 2.41. The first-order valence-electron chi connectivity index (χ1n) is 4.91. The van der Waals surface area contributed by atoms with E-state index in [2.05, 4.69) is 0 Å². The summed E-state index contributed by atoms with van der Waals surface area (Å²) in [6.07, 6.45) is -5.37. The number of allylic oxidation sites excluding steroid dienone is 1. The molecule has 0 aliphatic heterocycles. The van der Waals surface area contributed by atoms with Gasteiger partial charge >= 0.3 is 6.18 Å². The van der Waals surface area contributed by atoms with Gasteiger partial charge in [0.1, 0.15) is 0 Å². The second kappa shape index (κ2) is 6.12. The molecule has 0 aromatic heterocycles. The SMILES string of the molecule is CCC/C(=C\C[C@H](O)C(C)O)C(F)(F)F. The first-order valence-corrected chi connectivity index (χ1v) is 4.91. The Morgan fingerprint density at radius 2 is 1.87 bits per heavy atom. The van der Waals surface area contributed by atoms with Crippen LogP contribution in [0.25, 0.3) is 0 Å². The van der Waals surface area contributed by atoms with E-state index in [-0.39, 0.29) is 12.8 Å². The maximum absolute atomic E-state index is 12.3. The average Bonchev–Trinajstić information content (AvgIpc) is 2.09. The zero-order chi connectivity index (χ0) is 12.1. The van der Waals surface area contributed by atoms with Crippen molar-refractivity contribution in [3.63, 3.8) is 0 Å². The van der Waals surface area contributed by atoms with Crippen LogP contribution in [0, 0.1) is 0 Å². The van der Waals surface area contributed by atoms with Crippen LogP contribution in [0.2, 0.25) is 0 Å². The summed E-state index contributed by atoms with van der Waals surface area (Å²) in [7, 11) is 0. The normalized spacial score (nSPS) is 17.7. The molecule has 2 atom stereocenters. The Hall–Kier alpha value is -0.550. The summed E-state index contributed by atoms with van der Waals surface area (Å²) in [4.78, 5) is 0. The van der Waals surface area contributed by atoms with Gasteiger partial charge in [-0.25, -0.2) is 0 Å². The zero-order valence-electron chi connectivity index (χ0n) is 8.88. The van der Waals surface area contributed by atoms with Crippen molar-refractivity contribution >= 4 is 0 Å². The highest BCUT2D eigenvalue weighted by Gasteiger charge is 2.32. The van der Waals surface area contributed by atoms with E-state index >= 15 is 0 Å². The quantitative estimate of drug-likeness (QED) is 0.707. The lowest BCUT2D eigenvalue weighted by Gasteiger charge is -2.14. The molecule has 1 unspecified atom stereocenters. The molecule has 0 aliphatic rings. The second-order valence-corrected chi connectivity index (χ2v) is 3.52. The fourth-order valence-corrected chi connectivity index (χ4v) is 1.09. The monoisotopic (exact) mass is 226 g/mol. The summed E-state index contributed by atoms with van der Waals surface area (Å²) >= 11 is 0. The smallest absolute Gasteiger partial charge is 0.391 e. The van der Waals surface area contributed by atoms with Gasteiger partial charge in [0.05, 0.1) is 12.2 Å². The molecule has 2 N–H and O–H groups in total. The minimum Gasteiger partial charge on any atom is -0.391 e. The van der Waals surface area contributed by atoms with Gasteiger partial charge in [-0.1, -0.05) is 19.4 Å². The molecule has 5 heteroatoms. The molecule has 0 bridgehead atoms. The lowest BCUT2D eigenvalue weighted by Crippen LogP contribution is -2.22. The number of halogens is 3. The molecule has 0 spiro atoms. The van der Waals surface area contributed by atoms with Gasteiger partial charge in [0, 0.05) is 5.57 Å². The highest BCUT2D eigenvalue weighted by Crippen LogP contribution is 2.29. The van der Waals surface area contributed by atoms with Crippen LogP contribution in [0.3, 0.4) is 0 Å². The molecule has 0 aliphatic carbocycles. The van der Waals surface area contributed by atoms with Crippen molar-refractivity contribution in [1.29, 1.82) is 0 Å². The molecule has 0 heterocycles. The lowest BCUT2D eigenvalue weighted by molar-refractivity contribution is -0.0946. The number of aliphatic hydroxyl groups excluding tert-OH is 2. The summed E-state index contributed by atoms with van der Waals surface area (Å²) in [5.41, 5.74) is -0.635. The molecular formula is C10H17F3O2. The number of hydrogen-bond donors (Lipinski definition) is 2. The molecule has 90 valence electrons. The van der Waals surface area contributed by atoms with E-state index in [0.29, 0.717) is 6.42 Å². The van der Waals surface area contributed by atoms with Gasteiger partial charge in [-0.2, -0.15) is 13.2 Å². The van der Waals surface area contributed by atoms with E-state index in [1.165, 1.54) is 6.92 Å². The van der Waals surface area contributed by atoms with E-state index in [4.69, 9.17) is 10.2 Å². The van der Waals surface area contributed by atoms with Crippen molar-refractivity contribution in [3.8, 4) is 0 Å². The molecule has 15 heavy (non-hydrogen) atoms. The van der Waals surface area contributed by atoms with Crippen LogP contribution in [0.4, 0.5) is 13.2 Å². The summed E-state index contributed by atoms with van der Waals surface area (Å²) in [6.45, 7) is 3.00. The molecular weight excluding hydrogens is 209 g/mol. The molecule has 0 saturated heterocycles. The predicted molar refractivity (Wildman–Crippen MR) is 51.4 cm³/mol. The molecule has 0 fully saturated rings. The Balaban J connectivity index is 4.43. The van der Waals surface area contributed by atoms with Crippen LogP contribution in [0.1, 0.15) is 33.1 Å². The van der Waals surface area contributed by atoms with Crippen molar-refractivity contribution in [1.82, 2.24) is 0 Å². The van der Waals surface area contributed by atoms with Gasteiger partial charge in [-0.3, -0.25) is 0 Å². The Labute approximate surface area is 87.4 Å². The summed E-state index contributed by atoms with van der Waals surface area (Å²) in [5.74, 6) is 0. The van der Waals surface area contributed by atoms with Crippen LogP contribution < -0.4 is 0 Å². The van der Waals surface area contributed by atoms with Gasteiger partial charge in [-0.15, -0.1) is 0 Å². The standard InChI is InChI=1S/C10H17F3O2/c1-3-4-8(10(11,12)13)5-6-9(15)7(2)14/h5,7,9,14-15H,3-4,6H2,1-2H3/b8-5+/t7?,9-/m0/s1. The minimum absolute atomic E-state index is 0.0595. The van der Waals surface area contributed by atoms with E-state index in [1.807, 2.05) is 0 Å². The van der Waals surface area contributed by atoms with Crippen LogP contribution >= 0.6 is 0 Å². The maximum Gasteiger partial charge on any atom is 0.412 e. The topological polar surface area (TPSA) is 40.5 Å². The van der Waals surface area contributed by atoms with Crippen LogP contribution in [-0.4, -0.2) is 28.6 Å². The van der Waals surface area contributed by atoms with Gasteiger partial charge < -0.3 is 10.2 Å². The number of rotatable bonds is 5. The Morgan fingerprint density at radius 3 is 2.20 bits per heavy atom. The fraction of sp³-hybridized carbons (Fsp3) is 0.800. The van der Waals surface area contributed by atoms with E-state index < -0.39 is 24.0 Å². The van der Waals surface area contributed by atoms with E-state index in [9.17, 15) is 13.2 Å². The summed E-state index contributed by atoms with van der Waals surface area (Å²) in [5, 5.41) is 18.1. The molecule has 2 nitrogen and oxygen atoms in total. The first kappa shape index (κ1) is 14.5. The van der Waals surface area contributed by atoms with Crippen molar-refractivity contribution in [2.45, 2.75) is 51.5 Å². The van der Waals surface area contributed by atoms with E-state index in [1.54, 1.807) is 6.92 Å². The maximum atomic E-state index is 12.3. The van der Waals surface area contributed by atoms with Gasteiger partial charge in [0.2, 0.25) is 0 Å². The molecule has 0 aromatic carbocycles. The summed E-state index contributed by atoms with van der Waals surface area (Å²) in [6, 6.07) is 0.